The lowest BCUT2D eigenvalue weighted by Gasteiger charge is -2.59. The Morgan fingerprint density at radius 2 is 2.03 bits per heavy atom. The molecule has 0 heterocycles. The molecule has 4 rings (SSSR count). The van der Waals surface area contributed by atoms with Gasteiger partial charge in [-0.1, -0.05) is 18.9 Å². The third-order valence-corrected chi connectivity index (χ3v) is 8.89. The molecule has 9 atom stereocenters. The molecule has 0 aliphatic heterocycles. The van der Waals surface area contributed by atoms with Gasteiger partial charge < -0.3 is 25.2 Å². The normalized spacial score (nSPS) is 51.1. The highest BCUT2D eigenvalue weighted by molar-refractivity contribution is 5.66. The highest BCUT2D eigenvalue weighted by Crippen LogP contribution is 2.67. The first-order chi connectivity index (χ1) is 13.6. The summed E-state index contributed by atoms with van der Waals surface area (Å²) in [6.07, 6.45) is 9.11. The summed E-state index contributed by atoms with van der Waals surface area (Å²) in [6.45, 7) is 3.29. The van der Waals surface area contributed by atoms with Crippen molar-refractivity contribution in [1.82, 2.24) is 0 Å². The maximum absolute atomic E-state index is 11.4. The lowest BCUT2D eigenvalue weighted by molar-refractivity contribution is -0.161. The van der Waals surface area contributed by atoms with Crippen LogP contribution in [0.1, 0.15) is 52.4 Å². The van der Waals surface area contributed by atoms with E-state index in [0.717, 1.165) is 18.4 Å². The standard InChI is InChI=1S/C23H32O6/c1-4-23(28)19(26)11-17-14-5-6-16-20(27)18(29-13(2)25)8-9-21(16,3)15(14)7-10-22(17,23)12-24/h1,6,14-15,17-20,24,26-28H,5,7-12H2,2-3H3/t14-,15+,17+,18+,19-,20+,21-,22-,23+/m1/s1. The van der Waals surface area contributed by atoms with Crippen LogP contribution in [0.15, 0.2) is 11.6 Å². The van der Waals surface area contributed by atoms with Gasteiger partial charge in [0.2, 0.25) is 0 Å². The predicted molar refractivity (Wildman–Crippen MR) is 105 cm³/mol. The smallest absolute Gasteiger partial charge is 0.303 e. The van der Waals surface area contributed by atoms with Crippen LogP contribution in [0.5, 0.6) is 0 Å². The van der Waals surface area contributed by atoms with Crippen LogP contribution in [0.4, 0.5) is 0 Å². The number of aliphatic hydroxyl groups excluding tert-OH is 3. The first-order valence-corrected chi connectivity index (χ1v) is 10.7. The van der Waals surface area contributed by atoms with Crippen LogP contribution < -0.4 is 0 Å². The van der Waals surface area contributed by atoms with Gasteiger partial charge in [-0.2, -0.15) is 0 Å². The van der Waals surface area contributed by atoms with Crippen LogP contribution in [0.25, 0.3) is 0 Å². The first kappa shape index (κ1) is 20.9. The van der Waals surface area contributed by atoms with Gasteiger partial charge in [0.05, 0.1) is 12.7 Å². The molecule has 0 radical (unpaired) electrons. The summed E-state index contributed by atoms with van der Waals surface area (Å²) in [5.74, 6) is 2.37. The van der Waals surface area contributed by atoms with Gasteiger partial charge in [-0.25, -0.2) is 0 Å². The molecular formula is C23H32O6. The van der Waals surface area contributed by atoms with E-state index < -0.39 is 29.3 Å². The Balaban J connectivity index is 1.69. The Bertz CT molecular complexity index is 770. The van der Waals surface area contributed by atoms with Crippen LogP contribution in [0, 0.1) is 40.9 Å². The van der Waals surface area contributed by atoms with Crippen molar-refractivity contribution in [3.63, 3.8) is 0 Å². The van der Waals surface area contributed by atoms with Gasteiger partial charge in [-0.05, 0) is 67.3 Å². The van der Waals surface area contributed by atoms with E-state index >= 15 is 0 Å². The van der Waals surface area contributed by atoms with Crippen molar-refractivity contribution in [3.8, 4) is 12.3 Å². The number of fused-ring (bicyclic) bond motifs is 5. The maximum Gasteiger partial charge on any atom is 0.303 e. The third-order valence-electron chi connectivity index (χ3n) is 8.89. The lowest BCUT2D eigenvalue weighted by Crippen LogP contribution is -2.59. The molecule has 6 nitrogen and oxygen atoms in total. The maximum atomic E-state index is 11.4. The fraction of sp³-hybridized carbons (Fsp3) is 0.783. The van der Waals surface area contributed by atoms with E-state index in [1.165, 1.54) is 6.92 Å². The fourth-order valence-corrected chi connectivity index (χ4v) is 7.43. The minimum atomic E-state index is -1.71. The van der Waals surface area contributed by atoms with Crippen molar-refractivity contribution < 1.29 is 30.0 Å². The second-order valence-corrected chi connectivity index (χ2v) is 9.84. The van der Waals surface area contributed by atoms with Crippen molar-refractivity contribution in [2.75, 3.05) is 6.61 Å². The van der Waals surface area contributed by atoms with Crippen LogP contribution in [-0.2, 0) is 9.53 Å². The summed E-state index contributed by atoms with van der Waals surface area (Å²) >= 11 is 0. The summed E-state index contributed by atoms with van der Waals surface area (Å²) in [4.78, 5) is 11.4. The number of hydrogen-bond acceptors (Lipinski definition) is 6. The minimum absolute atomic E-state index is 0.0831. The monoisotopic (exact) mass is 404 g/mol. The number of aliphatic hydroxyl groups is 4. The molecule has 0 unspecified atom stereocenters. The predicted octanol–water partition coefficient (Wildman–Crippen LogP) is 1.16. The number of hydrogen-bond donors (Lipinski definition) is 4. The Kier molecular flexibility index (Phi) is 4.90. The van der Waals surface area contributed by atoms with Crippen molar-refractivity contribution >= 4 is 5.97 Å². The summed E-state index contributed by atoms with van der Waals surface area (Å²) in [5.41, 5.74) is -1.90. The van der Waals surface area contributed by atoms with Crippen molar-refractivity contribution in [2.45, 2.75) is 76.3 Å². The molecule has 4 aliphatic carbocycles. The molecular weight excluding hydrogens is 372 g/mol. The molecule has 6 heteroatoms. The van der Waals surface area contributed by atoms with Crippen LogP contribution in [0.3, 0.4) is 0 Å². The van der Waals surface area contributed by atoms with E-state index in [2.05, 4.69) is 18.9 Å². The molecule has 0 spiro atoms. The largest absolute Gasteiger partial charge is 0.459 e. The van der Waals surface area contributed by atoms with Gasteiger partial charge in [0.25, 0.3) is 0 Å². The zero-order valence-corrected chi connectivity index (χ0v) is 17.2. The second-order valence-electron chi connectivity index (χ2n) is 9.84. The van der Waals surface area contributed by atoms with Gasteiger partial charge >= 0.3 is 5.97 Å². The number of allylic oxidation sites excluding steroid dienone is 1. The van der Waals surface area contributed by atoms with Crippen molar-refractivity contribution in [3.05, 3.63) is 11.6 Å². The summed E-state index contributed by atoms with van der Waals surface area (Å²) < 4.78 is 5.34. The second kappa shape index (κ2) is 6.81. The van der Waals surface area contributed by atoms with Gasteiger partial charge in [0.1, 0.15) is 12.2 Å². The first-order valence-electron chi connectivity index (χ1n) is 10.7. The van der Waals surface area contributed by atoms with Crippen molar-refractivity contribution in [1.29, 1.82) is 0 Å². The molecule has 4 aliphatic rings. The Labute approximate surface area is 172 Å². The van der Waals surface area contributed by atoms with Crippen molar-refractivity contribution in [2.24, 2.45) is 28.6 Å². The molecule has 0 aromatic rings. The van der Waals surface area contributed by atoms with Crippen LogP contribution in [0.2, 0.25) is 0 Å². The minimum Gasteiger partial charge on any atom is -0.459 e. The lowest BCUT2D eigenvalue weighted by atomic mass is 9.46. The van der Waals surface area contributed by atoms with Crippen LogP contribution in [-0.4, -0.2) is 56.9 Å². The number of ether oxygens (including phenoxy) is 1. The highest BCUT2D eigenvalue weighted by Gasteiger charge is 2.69. The average molecular weight is 405 g/mol. The number of carbonyl (C=O) groups excluding carboxylic acids is 1. The summed E-state index contributed by atoms with van der Waals surface area (Å²) in [6, 6.07) is 0. The van der Waals surface area contributed by atoms with E-state index in [1.807, 2.05) is 0 Å². The average Bonchev–Trinajstić information content (AvgIpc) is 2.92. The number of rotatable bonds is 2. The van der Waals surface area contributed by atoms with E-state index in [4.69, 9.17) is 11.2 Å². The van der Waals surface area contributed by atoms with E-state index in [1.54, 1.807) is 0 Å². The SMILES string of the molecule is C#C[C@]1(O)[C@H](O)C[C@H]2[C@@H]3CC=C4[C@H](O)[C@@H](OC(C)=O)CC[C@]4(C)[C@H]3CC[C@@]21CO. The molecule has 0 amide bonds. The van der Waals surface area contributed by atoms with Crippen LogP contribution >= 0.6 is 0 Å². The molecule has 3 saturated carbocycles. The van der Waals surface area contributed by atoms with Gasteiger partial charge in [0.15, 0.2) is 5.60 Å². The molecule has 29 heavy (non-hydrogen) atoms. The summed E-state index contributed by atoms with van der Waals surface area (Å²) in [5, 5.41) is 43.0. The number of esters is 1. The Hall–Kier alpha value is -1.39. The van der Waals surface area contributed by atoms with Gasteiger partial charge in [-0.3, -0.25) is 4.79 Å². The summed E-state index contributed by atoms with van der Waals surface area (Å²) in [7, 11) is 0. The zero-order valence-electron chi connectivity index (χ0n) is 17.2. The third kappa shape index (κ3) is 2.61. The van der Waals surface area contributed by atoms with Gasteiger partial charge in [-0.15, -0.1) is 6.42 Å². The van der Waals surface area contributed by atoms with E-state index in [0.29, 0.717) is 25.7 Å². The van der Waals surface area contributed by atoms with E-state index in [9.17, 15) is 25.2 Å². The van der Waals surface area contributed by atoms with Gasteiger partial charge in [0, 0.05) is 12.3 Å². The Morgan fingerprint density at radius 3 is 2.66 bits per heavy atom. The molecule has 3 fully saturated rings. The highest BCUT2D eigenvalue weighted by atomic mass is 16.6. The molecule has 160 valence electrons. The Morgan fingerprint density at radius 1 is 1.31 bits per heavy atom. The number of terminal acetylenes is 1. The topological polar surface area (TPSA) is 107 Å². The molecule has 0 bridgehead atoms. The number of carbonyl (C=O) groups is 1. The van der Waals surface area contributed by atoms with E-state index in [-0.39, 0.29) is 35.7 Å². The zero-order chi connectivity index (χ0) is 21.2. The fourth-order valence-electron chi connectivity index (χ4n) is 7.43. The quantitative estimate of drug-likeness (QED) is 0.313. The molecule has 0 aromatic carbocycles. The molecule has 0 aromatic heterocycles. The molecule has 0 saturated heterocycles. The molecule has 4 N–H and O–H groups in total.